The summed E-state index contributed by atoms with van der Waals surface area (Å²) in [5.41, 5.74) is 2.29. The van der Waals surface area contributed by atoms with Gasteiger partial charge in [-0.2, -0.15) is 8.42 Å². The minimum absolute atomic E-state index is 0.0359. The van der Waals surface area contributed by atoms with Crippen molar-refractivity contribution in [1.29, 1.82) is 0 Å². The topological polar surface area (TPSA) is 107 Å². The summed E-state index contributed by atoms with van der Waals surface area (Å²) < 4.78 is 33.1. The Morgan fingerprint density at radius 2 is 1.83 bits per heavy atom. The molecule has 192 valence electrons. The van der Waals surface area contributed by atoms with E-state index in [-0.39, 0.29) is 17.4 Å². The van der Waals surface area contributed by atoms with Gasteiger partial charge in [0, 0.05) is 36.7 Å². The first kappa shape index (κ1) is 27.4. The number of hydrogen-bond donors (Lipinski definition) is 2. The van der Waals surface area contributed by atoms with Gasteiger partial charge in [-0.1, -0.05) is 62.8 Å². The van der Waals surface area contributed by atoms with Crippen LogP contribution in [-0.4, -0.2) is 42.8 Å². The Bertz CT molecular complexity index is 1230. The van der Waals surface area contributed by atoms with Crippen molar-refractivity contribution in [2.24, 2.45) is 4.99 Å². The van der Waals surface area contributed by atoms with Gasteiger partial charge in [0.15, 0.2) is 0 Å². The lowest BCUT2D eigenvalue weighted by molar-refractivity contribution is -0.137. The van der Waals surface area contributed by atoms with Gasteiger partial charge < -0.3 is 10.0 Å². The molecule has 0 amide bonds. The van der Waals surface area contributed by atoms with E-state index < -0.39 is 21.5 Å². The van der Waals surface area contributed by atoms with Gasteiger partial charge in [0.25, 0.3) is 10.1 Å². The average molecular weight is 511 g/mol. The van der Waals surface area contributed by atoms with Crippen LogP contribution in [0.25, 0.3) is 0 Å². The van der Waals surface area contributed by atoms with Crippen molar-refractivity contribution < 1.29 is 22.9 Å². The van der Waals surface area contributed by atoms with E-state index in [0.29, 0.717) is 19.4 Å². The first-order valence-electron chi connectivity index (χ1n) is 12.1. The fraction of sp³-hybridized carbons (Fsp3) is 0.357. The number of carboxylic acid groups (broad SMARTS) is 1. The number of hydrogen-bond acceptors (Lipinski definition) is 5. The molecule has 1 heterocycles. The van der Waals surface area contributed by atoms with Crippen LogP contribution in [0.3, 0.4) is 0 Å². The molecule has 0 saturated heterocycles. The molecule has 0 fully saturated rings. The lowest BCUT2D eigenvalue weighted by atomic mass is 9.80. The maximum atomic E-state index is 11.8. The summed E-state index contributed by atoms with van der Waals surface area (Å²) in [5, 5.41) is 8.89. The van der Waals surface area contributed by atoms with Gasteiger partial charge in [-0.15, -0.1) is 0 Å². The molecule has 0 aromatic heterocycles. The fourth-order valence-corrected chi connectivity index (χ4v) is 5.05. The summed E-state index contributed by atoms with van der Waals surface area (Å²) in [4.78, 5) is 17.4. The molecule has 1 atom stereocenters. The lowest BCUT2D eigenvalue weighted by Crippen LogP contribution is -2.40. The average Bonchev–Trinajstić information content (AvgIpc) is 3.04. The molecule has 0 radical (unpaired) electrons. The molecule has 36 heavy (non-hydrogen) atoms. The van der Waals surface area contributed by atoms with E-state index in [4.69, 9.17) is 5.11 Å². The van der Waals surface area contributed by atoms with E-state index in [1.807, 2.05) is 54.8 Å². The highest BCUT2D eigenvalue weighted by Crippen LogP contribution is 2.46. The van der Waals surface area contributed by atoms with Crippen molar-refractivity contribution in [1.82, 2.24) is 0 Å². The maximum Gasteiger partial charge on any atom is 0.303 e. The molecule has 0 bridgehead atoms. The zero-order valence-corrected chi connectivity index (χ0v) is 21.6. The van der Waals surface area contributed by atoms with Crippen LogP contribution in [0.4, 0.5) is 11.4 Å². The van der Waals surface area contributed by atoms with Crippen LogP contribution in [0.2, 0.25) is 0 Å². The number of aliphatic carboxylic acids is 1. The Morgan fingerprint density at radius 1 is 1.08 bits per heavy atom. The number of benzene rings is 2. The zero-order valence-electron chi connectivity index (χ0n) is 20.7. The minimum Gasteiger partial charge on any atom is -0.481 e. The summed E-state index contributed by atoms with van der Waals surface area (Å²) in [5.74, 6) is -0.790. The number of unbranched alkanes of at least 4 members (excludes halogenated alkanes) is 2. The molecule has 1 aliphatic heterocycles. The molecular weight excluding hydrogens is 476 g/mol. The van der Waals surface area contributed by atoms with Crippen molar-refractivity contribution in [2.75, 3.05) is 11.4 Å². The summed E-state index contributed by atoms with van der Waals surface area (Å²) in [7, 11) is -4.31. The summed E-state index contributed by atoms with van der Waals surface area (Å²) >= 11 is 0. The van der Waals surface area contributed by atoms with Crippen LogP contribution in [0, 0.1) is 0 Å². The van der Waals surface area contributed by atoms with Gasteiger partial charge >= 0.3 is 5.97 Å². The van der Waals surface area contributed by atoms with Gasteiger partial charge in [-0.05, 0) is 48.7 Å². The molecule has 1 aliphatic rings. The number of aliphatic imine (C=N–C) groups is 1. The normalized spacial score (nSPS) is 17.4. The van der Waals surface area contributed by atoms with E-state index in [1.165, 1.54) is 6.07 Å². The van der Waals surface area contributed by atoms with Crippen LogP contribution in [0.5, 0.6) is 0 Å². The molecule has 0 saturated carbocycles. The number of rotatable bonds is 12. The number of para-hydroxylation sites is 1. The highest BCUT2D eigenvalue weighted by molar-refractivity contribution is 7.85. The van der Waals surface area contributed by atoms with Gasteiger partial charge in [0.05, 0.1) is 16.6 Å². The van der Waals surface area contributed by atoms with Crippen molar-refractivity contribution in [2.45, 2.75) is 62.3 Å². The van der Waals surface area contributed by atoms with Crippen LogP contribution < -0.4 is 4.90 Å². The summed E-state index contributed by atoms with van der Waals surface area (Å²) in [6, 6.07) is 14.5. The van der Waals surface area contributed by atoms with Crippen molar-refractivity contribution in [3.8, 4) is 0 Å². The SMILES string of the molecule is CC1(C)c2cc(S(=O)(=O)O)ccc2N(CCCCCC(=O)O)C1C=CC=CCC=Nc1ccccc1. The van der Waals surface area contributed by atoms with Gasteiger partial charge in [-0.25, -0.2) is 0 Å². The fourth-order valence-electron chi connectivity index (χ4n) is 4.54. The Balaban J connectivity index is 1.74. The molecule has 2 aromatic carbocycles. The van der Waals surface area contributed by atoms with Crippen LogP contribution in [0.1, 0.15) is 51.5 Å². The number of allylic oxidation sites excluding steroid dienone is 3. The number of carbonyl (C=O) groups is 1. The highest BCUT2D eigenvalue weighted by Gasteiger charge is 2.43. The number of nitrogens with zero attached hydrogens (tertiary/aromatic N) is 2. The number of fused-ring (bicyclic) bond motifs is 1. The van der Waals surface area contributed by atoms with E-state index in [9.17, 15) is 17.8 Å². The summed E-state index contributed by atoms with van der Waals surface area (Å²) in [6.07, 6.45) is 13.0. The largest absolute Gasteiger partial charge is 0.481 e. The molecule has 8 heteroatoms. The Hall–Kier alpha value is -3.23. The predicted molar refractivity (Wildman–Crippen MR) is 144 cm³/mol. The zero-order chi connectivity index (χ0) is 26.2. The quantitative estimate of drug-likeness (QED) is 0.158. The third-order valence-electron chi connectivity index (χ3n) is 6.41. The Kier molecular flexibility index (Phi) is 9.23. The third kappa shape index (κ3) is 7.15. The van der Waals surface area contributed by atoms with Crippen LogP contribution >= 0.6 is 0 Å². The molecular formula is C28H34N2O5S. The maximum absolute atomic E-state index is 11.8. The monoisotopic (exact) mass is 510 g/mol. The van der Waals surface area contributed by atoms with E-state index in [1.54, 1.807) is 12.1 Å². The molecule has 0 spiro atoms. The molecule has 2 aromatic rings. The van der Waals surface area contributed by atoms with Crippen LogP contribution in [0.15, 0.2) is 82.7 Å². The van der Waals surface area contributed by atoms with E-state index in [2.05, 4.69) is 29.8 Å². The van der Waals surface area contributed by atoms with Crippen molar-refractivity contribution >= 4 is 33.7 Å². The molecule has 0 aliphatic carbocycles. The predicted octanol–water partition coefficient (Wildman–Crippen LogP) is 5.95. The molecule has 7 nitrogen and oxygen atoms in total. The third-order valence-corrected chi connectivity index (χ3v) is 7.26. The second kappa shape index (κ2) is 12.1. The van der Waals surface area contributed by atoms with Crippen molar-refractivity contribution in [3.05, 3.63) is 78.4 Å². The van der Waals surface area contributed by atoms with Crippen molar-refractivity contribution in [3.63, 3.8) is 0 Å². The molecule has 3 rings (SSSR count). The number of carboxylic acids is 1. The first-order valence-corrected chi connectivity index (χ1v) is 13.6. The van der Waals surface area contributed by atoms with Gasteiger partial charge in [0.2, 0.25) is 0 Å². The van der Waals surface area contributed by atoms with E-state index in [0.717, 1.165) is 29.8 Å². The molecule has 2 N–H and O–H groups in total. The Labute approximate surface area is 213 Å². The van der Waals surface area contributed by atoms with Gasteiger partial charge in [0.1, 0.15) is 0 Å². The lowest BCUT2D eigenvalue weighted by Gasteiger charge is -2.32. The van der Waals surface area contributed by atoms with E-state index >= 15 is 0 Å². The smallest absolute Gasteiger partial charge is 0.303 e. The second-order valence-electron chi connectivity index (χ2n) is 9.41. The minimum atomic E-state index is -4.31. The number of anilines is 1. The first-order chi connectivity index (χ1) is 17.1. The summed E-state index contributed by atoms with van der Waals surface area (Å²) in [6.45, 7) is 4.84. The molecule has 1 unspecified atom stereocenters. The highest BCUT2D eigenvalue weighted by atomic mass is 32.2. The standard InChI is InChI=1S/C28H34N2O5S/c1-28(2)24-21-23(36(33,34)35)17-18-25(24)30(20-12-6-10-16-27(31)32)26(28)15-9-3-4-11-19-29-22-13-7-5-8-14-22/h3-5,7-9,13-15,17-19,21,26H,6,10-12,16,20H2,1-2H3,(H,31,32)(H,33,34,35). The van der Waals surface area contributed by atoms with Crippen LogP contribution in [-0.2, 0) is 20.3 Å². The Morgan fingerprint density at radius 3 is 2.53 bits per heavy atom. The second-order valence-corrected chi connectivity index (χ2v) is 10.8. The van der Waals surface area contributed by atoms with Gasteiger partial charge in [-0.3, -0.25) is 14.3 Å².